The molecule has 0 spiro atoms. The third-order valence-corrected chi connectivity index (χ3v) is 6.34. The predicted octanol–water partition coefficient (Wildman–Crippen LogP) is 8.95. The van der Waals surface area contributed by atoms with E-state index in [1.165, 1.54) is 30.3 Å². The van der Waals surface area contributed by atoms with Crippen LogP contribution in [0.3, 0.4) is 0 Å². The minimum Gasteiger partial charge on any atom is -0.420 e. The first-order chi connectivity index (χ1) is 17.9. The average molecular weight is 503 g/mol. The monoisotopic (exact) mass is 502 g/mol. The third-order valence-electron chi connectivity index (χ3n) is 6.34. The molecule has 0 heterocycles. The fourth-order valence-corrected chi connectivity index (χ4v) is 4.25. The molecule has 190 valence electrons. The van der Waals surface area contributed by atoms with Crippen LogP contribution in [0.5, 0.6) is 5.75 Å². The lowest BCUT2D eigenvalue weighted by Gasteiger charge is -2.11. The summed E-state index contributed by atoms with van der Waals surface area (Å²) >= 11 is 0. The maximum absolute atomic E-state index is 14.8. The van der Waals surface area contributed by atoms with Crippen molar-refractivity contribution in [2.75, 3.05) is 0 Å². The predicted molar refractivity (Wildman–Crippen MR) is 141 cm³/mol. The lowest BCUT2D eigenvalue weighted by atomic mass is 10.00. The van der Waals surface area contributed by atoms with Crippen LogP contribution < -0.4 is 4.74 Å². The van der Waals surface area contributed by atoms with Crippen molar-refractivity contribution in [3.63, 3.8) is 0 Å². The van der Waals surface area contributed by atoms with Gasteiger partial charge in [-0.2, -0.15) is 4.39 Å². The number of benzene rings is 4. The first kappa shape index (κ1) is 26.2. The Hall–Kier alpha value is -3.86. The molecule has 2 nitrogen and oxygen atoms in total. The van der Waals surface area contributed by atoms with Gasteiger partial charge in [-0.05, 0) is 71.8 Å². The van der Waals surface area contributed by atoms with E-state index in [-0.39, 0.29) is 16.9 Å². The molecule has 4 rings (SSSR count). The smallest absolute Gasteiger partial charge is 0.343 e. The van der Waals surface area contributed by atoms with Crippen molar-refractivity contribution in [3.05, 3.63) is 113 Å². The van der Waals surface area contributed by atoms with Crippen LogP contribution in [0, 0.1) is 17.5 Å². The van der Waals surface area contributed by atoms with Gasteiger partial charge in [0.2, 0.25) is 5.82 Å². The Morgan fingerprint density at radius 2 is 1.30 bits per heavy atom. The van der Waals surface area contributed by atoms with Crippen LogP contribution in [0.1, 0.15) is 54.6 Å². The van der Waals surface area contributed by atoms with Crippen molar-refractivity contribution in [2.45, 2.75) is 46.0 Å². The fourth-order valence-electron chi connectivity index (χ4n) is 4.25. The van der Waals surface area contributed by atoms with Gasteiger partial charge in [0.05, 0.1) is 5.56 Å². The zero-order chi connectivity index (χ0) is 26.4. The van der Waals surface area contributed by atoms with Crippen LogP contribution in [-0.4, -0.2) is 5.97 Å². The highest BCUT2D eigenvalue weighted by Crippen LogP contribution is 2.31. The van der Waals surface area contributed by atoms with Crippen molar-refractivity contribution in [1.29, 1.82) is 0 Å². The SMILES string of the molecule is CCCCc1ccc(-c2ccc(C(=O)Oc3ccc(-c4ccc(CCC)cc4)c(F)c3F)cc2)c(F)c1. The largest absolute Gasteiger partial charge is 0.420 e. The van der Waals surface area contributed by atoms with Crippen molar-refractivity contribution in [1.82, 2.24) is 0 Å². The summed E-state index contributed by atoms with van der Waals surface area (Å²) in [5, 5.41) is 0. The van der Waals surface area contributed by atoms with E-state index in [0.29, 0.717) is 16.7 Å². The lowest BCUT2D eigenvalue weighted by Crippen LogP contribution is -2.10. The van der Waals surface area contributed by atoms with Crippen LogP contribution in [-0.2, 0) is 12.8 Å². The number of halogens is 3. The maximum atomic E-state index is 14.8. The van der Waals surface area contributed by atoms with Crippen molar-refractivity contribution < 1.29 is 22.7 Å². The van der Waals surface area contributed by atoms with Crippen LogP contribution >= 0.6 is 0 Å². The first-order valence-electron chi connectivity index (χ1n) is 12.6. The molecule has 0 amide bonds. The van der Waals surface area contributed by atoms with Crippen LogP contribution in [0.25, 0.3) is 22.3 Å². The number of unbranched alkanes of at least 4 members (excludes halogenated alkanes) is 1. The van der Waals surface area contributed by atoms with Gasteiger partial charge in [-0.1, -0.05) is 75.2 Å². The Morgan fingerprint density at radius 3 is 1.95 bits per heavy atom. The highest BCUT2D eigenvalue weighted by Gasteiger charge is 2.19. The molecular weight excluding hydrogens is 473 g/mol. The number of hydrogen-bond donors (Lipinski definition) is 0. The van der Waals surface area contributed by atoms with Gasteiger partial charge in [0.15, 0.2) is 11.6 Å². The van der Waals surface area contributed by atoms with Gasteiger partial charge in [-0.3, -0.25) is 0 Å². The molecule has 0 aliphatic rings. The number of carbonyl (C=O) groups excluding carboxylic acids is 1. The molecule has 0 saturated heterocycles. The van der Waals surface area contributed by atoms with Crippen molar-refractivity contribution in [3.8, 4) is 28.0 Å². The summed E-state index contributed by atoms with van der Waals surface area (Å²) in [5.41, 5.74) is 3.85. The molecule has 37 heavy (non-hydrogen) atoms. The maximum Gasteiger partial charge on any atom is 0.343 e. The minimum atomic E-state index is -1.23. The van der Waals surface area contributed by atoms with Crippen LogP contribution in [0.4, 0.5) is 13.2 Å². The highest BCUT2D eigenvalue weighted by molar-refractivity contribution is 5.91. The minimum absolute atomic E-state index is 0.0902. The van der Waals surface area contributed by atoms with E-state index in [1.807, 2.05) is 18.2 Å². The fraction of sp³-hybridized carbons (Fsp3) is 0.219. The van der Waals surface area contributed by atoms with Crippen LogP contribution in [0.15, 0.2) is 78.9 Å². The summed E-state index contributed by atoms with van der Waals surface area (Å²) in [6.07, 6.45) is 4.76. The zero-order valence-corrected chi connectivity index (χ0v) is 21.0. The van der Waals surface area contributed by atoms with E-state index in [2.05, 4.69) is 13.8 Å². The topological polar surface area (TPSA) is 26.3 Å². The summed E-state index contributed by atoms with van der Waals surface area (Å²) in [7, 11) is 0. The highest BCUT2D eigenvalue weighted by atomic mass is 19.2. The molecule has 0 atom stereocenters. The molecule has 0 aliphatic heterocycles. The van der Waals surface area contributed by atoms with Gasteiger partial charge < -0.3 is 4.74 Å². The number of hydrogen-bond acceptors (Lipinski definition) is 2. The van der Waals surface area contributed by atoms with Gasteiger partial charge in [-0.15, -0.1) is 0 Å². The molecule has 0 saturated carbocycles. The molecule has 0 bridgehead atoms. The average Bonchev–Trinajstić information content (AvgIpc) is 2.91. The van der Waals surface area contributed by atoms with E-state index >= 15 is 0 Å². The Kier molecular flexibility index (Phi) is 8.44. The Morgan fingerprint density at radius 1 is 0.676 bits per heavy atom. The molecule has 0 fully saturated rings. The summed E-state index contributed by atoms with van der Waals surface area (Å²) in [6, 6.07) is 21.2. The van der Waals surface area contributed by atoms with Gasteiger partial charge in [0.25, 0.3) is 0 Å². The Bertz CT molecular complexity index is 1380. The van der Waals surface area contributed by atoms with E-state index in [4.69, 9.17) is 4.74 Å². The van der Waals surface area contributed by atoms with E-state index < -0.39 is 23.4 Å². The number of carbonyl (C=O) groups is 1. The Balaban J connectivity index is 1.48. The molecule has 4 aromatic carbocycles. The molecule has 5 heteroatoms. The summed E-state index contributed by atoms with van der Waals surface area (Å²) in [4.78, 5) is 12.6. The molecule has 0 unspecified atom stereocenters. The second kappa shape index (κ2) is 11.9. The second-order valence-electron chi connectivity index (χ2n) is 9.07. The summed E-state index contributed by atoms with van der Waals surface area (Å²) in [5.74, 6) is -3.97. The third kappa shape index (κ3) is 6.11. The number of ether oxygens (including phenoxy) is 1. The first-order valence-corrected chi connectivity index (χ1v) is 12.6. The summed E-state index contributed by atoms with van der Waals surface area (Å²) < 4.78 is 49.4. The molecular formula is C32H29F3O2. The van der Waals surface area contributed by atoms with Gasteiger partial charge >= 0.3 is 5.97 Å². The molecule has 0 N–H and O–H groups in total. The molecule has 0 aromatic heterocycles. The number of esters is 1. The van der Waals surface area contributed by atoms with E-state index in [0.717, 1.165) is 43.2 Å². The van der Waals surface area contributed by atoms with Crippen molar-refractivity contribution in [2.24, 2.45) is 0 Å². The van der Waals surface area contributed by atoms with E-state index in [1.54, 1.807) is 30.3 Å². The number of rotatable bonds is 9. The molecule has 0 radical (unpaired) electrons. The van der Waals surface area contributed by atoms with Gasteiger partial charge in [0.1, 0.15) is 5.82 Å². The van der Waals surface area contributed by atoms with Gasteiger partial charge in [0, 0.05) is 11.1 Å². The lowest BCUT2D eigenvalue weighted by molar-refractivity contribution is 0.0727. The van der Waals surface area contributed by atoms with E-state index in [9.17, 15) is 18.0 Å². The molecule has 0 aliphatic carbocycles. The van der Waals surface area contributed by atoms with Crippen LogP contribution in [0.2, 0.25) is 0 Å². The second-order valence-corrected chi connectivity index (χ2v) is 9.07. The zero-order valence-electron chi connectivity index (χ0n) is 21.0. The molecule has 4 aromatic rings. The van der Waals surface area contributed by atoms with Gasteiger partial charge in [-0.25, -0.2) is 13.6 Å². The quantitative estimate of drug-likeness (QED) is 0.169. The van der Waals surface area contributed by atoms with Crippen molar-refractivity contribution >= 4 is 5.97 Å². The normalized spacial score (nSPS) is 10.9. The Labute approximate surface area is 215 Å². The number of aryl methyl sites for hydroxylation is 2. The summed E-state index contributed by atoms with van der Waals surface area (Å²) in [6.45, 7) is 4.16. The standard InChI is InChI=1S/C32H29F3O2/c1-3-5-7-22-10-17-26(28(33)20-22)23-13-15-25(16-14-23)32(36)37-29-19-18-27(30(34)31(29)35)24-11-8-21(6-4-2)9-12-24/h8-20H,3-7H2,1-2H3.